The molecule has 3 aromatic carbocycles. The van der Waals surface area contributed by atoms with Gasteiger partial charge in [0.05, 0.1) is 18.3 Å². The van der Waals surface area contributed by atoms with Crippen LogP contribution in [-0.2, 0) is 4.74 Å². The van der Waals surface area contributed by atoms with Crippen LogP contribution in [0.4, 0.5) is 5.69 Å². The van der Waals surface area contributed by atoms with Gasteiger partial charge in [-0.2, -0.15) is 0 Å². The summed E-state index contributed by atoms with van der Waals surface area (Å²) in [5.74, 6) is 0.867. The number of benzene rings is 3. The van der Waals surface area contributed by atoms with E-state index in [9.17, 15) is 4.79 Å². The fourth-order valence-electron chi connectivity index (χ4n) is 4.73. The van der Waals surface area contributed by atoms with Crippen molar-refractivity contribution < 1.29 is 14.3 Å². The summed E-state index contributed by atoms with van der Waals surface area (Å²) in [7, 11) is 0. The van der Waals surface area contributed by atoms with Crippen molar-refractivity contribution >= 4 is 22.4 Å². The van der Waals surface area contributed by atoms with E-state index in [1.807, 2.05) is 47.4 Å². The molecule has 1 N–H and O–H groups in total. The van der Waals surface area contributed by atoms with Crippen LogP contribution in [0.15, 0.2) is 60.7 Å². The fraction of sp³-hybridized carbons (Fsp3) is 0.370. The Labute approximate surface area is 189 Å². The minimum absolute atomic E-state index is 0.0345. The summed E-state index contributed by atoms with van der Waals surface area (Å²) in [6.07, 6.45) is 3.82. The number of nitrogens with one attached hydrogen (secondary N) is 1. The maximum Gasteiger partial charge on any atom is 0.257 e. The van der Waals surface area contributed by atoms with E-state index in [0.717, 1.165) is 60.1 Å². The topological polar surface area (TPSA) is 50.8 Å². The highest BCUT2D eigenvalue weighted by molar-refractivity contribution is 6.02. The molecule has 166 valence electrons. The Morgan fingerprint density at radius 2 is 1.94 bits per heavy atom. The monoisotopic (exact) mass is 430 g/mol. The molecule has 2 unspecified atom stereocenters. The zero-order valence-electron chi connectivity index (χ0n) is 18.5. The van der Waals surface area contributed by atoms with Gasteiger partial charge in [-0.3, -0.25) is 4.79 Å². The molecule has 2 heterocycles. The number of hydrogen-bond acceptors (Lipinski definition) is 4. The van der Waals surface area contributed by atoms with Crippen molar-refractivity contribution in [3.8, 4) is 5.75 Å². The fourth-order valence-corrected chi connectivity index (χ4v) is 4.73. The first-order valence-electron chi connectivity index (χ1n) is 11.7. The van der Waals surface area contributed by atoms with Gasteiger partial charge in [-0.1, -0.05) is 55.8 Å². The Morgan fingerprint density at radius 3 is 2.78 bits per heavy atom. The highest BCUT2D eigenvalue weighted by Crippen LogP contribution is 2.41. The first-order chi connectivity index (χ1) is 15.8. The number of carbonyl (C=O) groups is 1. The molecule has 2 aliphatic rings. The van der Waals surface area contributed by atoms with Crippen LogP contribution in [0.2, 0.25) is 0 Å². The molecule has 2 aliphatic heterocycles. The number of hydrogen-bond donors (Lipinski definition) is 1. The number of rotatable bonds is 7. The number of para-hydroxylation sites is 1. The molecule has 32 heavy (non-hydrogen) atoms. The molecular formula is C27H30N2O3. The summed E-state index contributed by atoms with van der Waals surface area (Å²) in [6, 6.07) is 20.2. The van der Waals surface area contributed by atoms with Crippen LogP contribution in [0, 0.1) is 0 Å². The van der Waals surface area contributed by atoms with E-state index in [4.69, 9.17) is 9.47 Å². The molecule has 0 saturated carbocycles. The summed E-state index contributed by atoms with van der Waals surface area (Å²) >= 11 is 0. The van der Waals surface area contributed by atoms with Crippen LogP contribution in [0.5, 0.6) is 5.75 Å². The van der Waals surface area contributed by atoms with E-state index < -0.39 is 0 Å². The second kappa shape index (κ2) is 9.21. The third-order valence-corrected chi connectivity index (χ3v) is 6.41. The molecular weight excluding hydrogens is 400 g/mol. The van der Waals surface area contributed by atoms with E-state index in [0.29, 0.717) is 18.7 Å². The lowest BCUT2D eigenvalue weighted by Crippen LogP contribution is -2.46. The SMILES string of the molecule is CCCCOc1ccc2ccccc2c1C1Nc2ccccc2C(=O)N1CC1CCCO1. The number of amides is 1. The second-order valence-electron chi connectivity index (χ2n) is 8.59. The summed E-state index contributed by atoms with van der Waals surface area (Å²) < 4.78 is 12.2. The first kappa shape index (κ1) is 20.8. The maximum atomic E-state index is 13.7. The Hall–Kier alpha value is -3.05. The molecule has 0 spiro atoms. The molecule has 1 fully saturated rings. The smallest absolute Gasteiger partial charge is 0.257 e. The third kappa shape index (κ3) is 3.93. The molecule has 0 aromatic heterocycles. The molecule has 1 amide bonds. The van der Waals surface area contributed by atoms with Crippen LogP contribution in [0.1, 0.15) is 54.7 Å². The van der Waals surface area contributed by atoms with Crippen molar-refractivity contribution in [1.29, 1.82) is 0 Å². The van der Waals surface area contributed by atoms with Gasteiger partial charge < -0.3 is 19.7 Å². The average Bonchev–Trinajstić information content (AvgIpc) is 3.34. The molecule has 0 bridgehead atoms. The number of anilines is 1. The minimum atomic E-state index is -0.329. The molecule has 0 radical (unpaired) electrons. The Balaban J connectivity index is 1.62. The van der Waals surface area contributed by atoms with Gasteiger partial charge in [-0.25, -0.2) is 0 Å². The molecule has 0 aliphatic carbocycles. The predicted molar refractivity (Wildman–Crippen MR) is 127 cm³/mol. The summed E-state index contributed by atoms with van der Waals surface area (Å²) in [5, 5.41) is 5.90. The minimum Gasteiger partial charge on any atom is -0.493 e. The van der Waals surface area contributed by atoms with Crippen molar-refractivity contribution in [1.82, 2.24) is 4.90 Å². The third-order valence-electron chi connectivity index (χ3n) is 6.41. The van der Waals surface area contributed by atoms with E-state index in [1.165, 1.54) is 0 Å². The van der Waals surface area contributed by atoms with Crippen LogP contribution in [0.3, 0.4) is 0 Å². The number of carbonyl (C=O) groups excluding carboxylic acids is 1. The zero-order valence-corrected chi connectivity index (χ0v) is 18.5. The first-order valence-corrected chi connectivity index (χ1v) is 11.7. The van der Waals surface area contributed by atoms with Gasteiger partial charge in [0.25, 0.3) is 5.91 Å². The lowest BCUT2D eigenvalue weighted by molar-refractivity contribution is 0.0425. The van der Waals surface area contributed by atoms with Crippen molar-refractivity contribution in [2.75, 3.05) is 25.1 Å². The van der Waals surface area contributed by atoms with Gasteiger partial charge >= 0.3 is 0 Å². The number of fused-ring (bicyclic) bond motifs is 2. The van der Waals surface area contributed by atoms with Gasteiger partial charge in [0.15, 0.2) is 0 Å². The van der Waals surface area contributed by atoms with Gasteiger partial charge in [-0.05, 0) is 48.2 Å². The molecule has 2 atom stereocenters. The van der Waals surface area contributed by atoms with Crippen molar-refractivity contribution in [3.63, 3.8) is 0 Å². The standard InChI is InChI=1S/C27H30N2O3/c1-2-3-16-32-24-15-14-19-9-4-5-11-21(19)25(24)26-28-23-13-7-6-12-22(23)27(30)29(26)18-20-10-8-17-31-20/h4-7,9,11-15,20,26,28H,2-3,8,10,16-18H2,1H3. The molecule has 5 heteroatoms. The highest BCUT2D eigenvalue weighted by Gasteiger charge is 2.37. The highest BCUT2D eigenvalue weighted by atomic mass is 16.5. The van der Waals surface area contributed by atoms with Gasteiger partial charge in [0.1, 0.15) is 11.9 Å². The molecule has 3 aromatic rings. The summed E-state index contributed by atoms with van der Waals surface area (Å²) in [5.41, 5.74) is 2.58. The largest absolute Gasteiger partial charge is 0.493 e. The maximum absolute atomic E-state index is 13.7. The second-order valence-corrected chi connectivity index (χ2v) is 8.59. The quantitative estimate of drug-likeness (QED) is 0.484. The van der Waals surface area contributed by atoms with Crippen LogP contribution in [-0.4, -0.2) is 36.7 Å². The Morgan fingerprint density at radius 1 is 1.09 bits per heavy atom. The summed E-state index contributed by atoms with van der Waals surface area (Å²) in [6.45, 7) is 4.14. The van der Waals surface area contributed by atoms with E-state index in [2.05, 4.69) is 30.4 Å². The lowest BCUT2D eigenvalue weighted by Gasteiger charge is -2.40. The number of nitrogens with zero attached hydrogens (tertiary/aromatic N) is 1. The molecule has 5 rings (SSSR count). The van der Waals surface area contributed by atoms with Crippen LogP contribution < -0.4 is 10.1 Å². The van der Waals surface area contributed by atoms with E-state index in [-0.39, 0.29) is 18.2 Å². The molecule has 5 nitrogen and oxygen atoms in total. The zero-order chi connectivity index (χ0) is 21.9. The predicted octanol–water partition coefficient (Wildman–Crippen LogP) is 5.76. The average molecular weight is 431 g/mol. The van der Waals surface area contributed by atoms with Crippen molar-refractivity contribution in [2.45, 2.75) is 44.9 Å². The Bertz CT molecular complexity index is 1110. The van der Waals surface area contributed by atoms with E-state index >= 15 is 0 Å². The van der Waals surface area contributed by atoms with Crippen molar-refractivity contribution in [3.05, 3.63) is 71.8 Å². The van der Waals surface area contributed by atoms with Gasteiger partial charge in [0, 0.05) is 24.4 Å². The van der Waals surface area contributed by atoms with Crippen LogP contribution in [0.25, 0.3) is 10.8 Å². The van der Waals surface area contributed by atoms with Crippen LogP contribution >= 0.6 is 0 Å². The number of ether oxygens (including phenoxy) is 2. The van der Waals surface area contributed by atoms with E-state index in [1.54, 1.807) is 0 Å². The normalized spacial score (nSPS) is 20.3. The van der Waals surface area contributed by atoms with Crippen molar-refractivity contribution in [2.24, 2.45) is 0 Å². The lowest BCUT2D eigenvalue weighted by atomic mass is 9.97. The summed E-state index contributed by atoms with van der Waals surface area (Å²) in [4.78, 5) is 15.6. The van der Waals surface area contributed by atoms with Gasteiger partial charge in [0.2, 0.25) is 0 Å². The van der Waals surface area contributed by atoms with Gasteiger partial charge in [-0.15, -0.1) is 0 Å². The Kier molecular flexibility index (Phi) is 5.99. The number of unbranched alkanes of at least 4 members (excludes halogenated alkanes) is 1. The molecule has 1 saturated heterocycles.